The molecule has 1 unspecified atom stereocenters. The minimum absolute atomic E-state index is 0.107. The predicted octanol–water partition coefficient (Wildman–Crippen LogP) is 4.10. The molecule has 3 aliphatic heterocycles. The van der Waals surface area contributed by atoms with Gasteiger partial charge in [0, 0.05) is 19.3 Å². The van der Waals surface area contributed by atoms with Gasteiger partial charge in [0.25, 0.3) is 5.91 Å². The van der Waals surface area contributed by atoms with Crippen LogP contribution in [0.3, 0.4) is 0 Å². The first kappa shape index (κ1) is 20.0. The fourth-order valence-corrected chi connectivity index (χ4v) is 4.96. The van der Waals surface area contributed by atoms with Crippen LogP contribution in [0.5, 0.6) is 0 Å². The summed E-state index contributed by atoms with van der Waals surface area (Å²) in [5.74, 6) is 0.777. The van der Waals surface area contributed by atoms with E-state index in [1.807, 2.05) is 23.1 Å². The lowest BCUT2D eigenvalue weighted by molar-refractivity contribution is 0.102. The first-order valence-corrected chi connectivity index (χ1v) is 11.4. The highest BCUT2D eigenvalue weighted by Crippen LogP contribution is 2.37. The number of likely N-dealkylation sites (tertiary alicyclic amines) is 2. The number of fused-ring (bicyclic) bond motifs is 2. The van der Waals surface area contributed by atoms with Crippen LogP contribution >= 0.6 is 0 Å². The van der Waals surface area contributed by atoms with Crippen molar-refractivity contribution in [2.24, 2.45) is 5.92 Å². The summed E-state index contributed by atoms with van der Waals surface area (Å²) in [6, 6.07) is 10.7. The second-order valence-electron chi connectivity index (χ2n) is 8.76. The number of urea groups is 1. The Kier molecular flexibility index (Phi) is 5.59. The Morgan fingerprint density at radius 2 is 1.90 bits per heavy atom. The third-order valence-electron chi connectivity index (χ3n) is 6.69. The van der Waals surface area contributed by atoms with Crippen molar-refractivity contribution in [3.05, 3.63) is 48.2 Å². The molecule has 4 heterocycles. The van der Waals surface area contributed by atoms with Gasteiger partial charge in [0.05, 0.1) is 16.9 Å². The summed E-state index contributed by atoms with van der Waals surface area (Å²) >= 11 is 0. The van der Waals surface area contributed by atoms with Gasteiger partial charge in [-0.3, -0.25) is 4.79 Å². The Bertz CT molecular complexity index is 972. The van der Waals surface area contributed by atoms with Gasteiger partial charge in [-0.2, -0.15) is 0 Å². The van der Waals surface area contributed by atoms with E-state index in [9.17, 15) is 9.59 Å². The maximum Gasteiger partial charge on any atom is 0.330 e. The van der Waals surface area contributed by atoms with Crippen molar-refractivity contribution in [1.29, 1.82) is 0 Å². The summed E-state index contributed by atoms with van der Waals surface area (Å²) in [6.07, 6.45) is 7.79. The summed E-state index contributed by atoms with van der Waals surface area (Å²) in [5.41, 5.74) is 1.62. The van der Waals surface area contributed by atoms with Gasteiger partial charge in [0.2, 0.25) is 0 Å². The number of anilines is 3. The van der Waals surface area contributed by atoms with Gasteiger partial charge in [0.1, 0.15) is 0 Å². The molecule has 2 saturated heterocycles. The molecule has 2 aromatic rings. The molecular weight excluding hydrogens is 390 g/mol. The average Bonchev–Trinajstić information content (AvgIpc) is 3.24. The van der Waals surface area contributed by atoms with Crippen LogP contribution in [0.2, 0.25) is 0 Å². The highest BCUT2D eigenvalue weighted by Gasteiger charge is 2.35. The Balaban J connectivity index is 1.35. The van der Waals surface area contributed by atoms with E-state index in [-0.39, 0.29) is 11.9 Å². The van der Waals surface area contributed by atoms with Crippen LogP contribution in [0.4, 0.5) is 22.0 Å². The van der Waals surface area contributed by atoms with Gasteiger partial charge in [-0.1, -0.05) is 18.6 Å². The molecule has 7 nitrogen and oxygen atoms in total. The fourth-order valence-electron chi connectivity index (χ4n) is 4.96. The van der Waals surface area contributed by atoms with E-state index in [2.05, 4.69) is 15.2 Å². The number of carbonyl (C=O) groups excluding carboxylic acids is 2. The quantitative estimate of drug-likeness (QED) is 0.813. The van der Waals surface area contributed by atoms with E-state index in [0.29, 0.717) is 28.7 Å². The molecule has 1 aromatic carbocycles. The van der Waals surface area contributed by atoms with E-state index < -0.39 is 0 Å². The first-order chi connectivity index (χ1) is 15.2. The lowest BCUT2D eigenvalue weighted by atomic mass is 10.0. The van der Waals surface area contributed by atoms with Crippen LogP contribution in [-0.4, -0.2) is 59.4 Å². The summed E-state index contributed by atoms with van der Waals surface area (Å²) in [7, 11) is 0. The van der Waals surface area contributed by atoms with Crippen molar-refractivity contribution >= 4 is 29.1 Å². The number of nitrogens with one attached hydrogen (secondary N) is 1. The largest absolute Gasteiger partial charge is 0.330 e. The van der Waals surface area contributed by atoms with Crippen molar-refractivity contribution in [3.8, 4) is 0 Å². The van der Waals surface area contributed by atoms with E-state index in [1.54, 1.807) is 29.3 Å². The smallest absolute Gasteiger partial charge is 0.324 e. The molecule has 0 saturated carbocycles. The van der Waals surface area contributed by atoms with Crippen LogP contribution in [0.25, 0.3) is 0 Å². The highest BCUT2D eigenvalue weighted by molar-refractivity contribution is 6.16. The van der Waals surface area contributed by atoms with E-state index in [4.69, 9.17) is 0 Å². The number of para-hydroxylation sites is 1. The van der Waals surface area contributed by atoms with Gasteiger partial charge < -0.3 is 15.1 Å². The molecule has 3 amide bonds. The predicted molar refractivity (Wildman–Crippen MR) is 121 cm³/mol. The third-order valence-corrected chi connectivity index (χ3v) is 6.69. The highest BCUT2D eigenvalue weighted by atomic mass is 16.2. The normalized spacial score (nSPS) is 21.3. The zero-order chi connectivity index (χ0) is 21.2. The summed E-state index contributed by atoms with van der Waals surface area (Å²) in [6.45, 7) is 5.05. The number of aromatic nitrogens is 1. The van der Waals surface area contributed by atoms with Crippen molar-refractivity contribution in [2.45, 2.75) is 32.1 Å². The molecule has 162 valence electrons. The fraction of sp³-hybridized carbons (Fsp3) is 0.458. The number of hydrogen-bond acceptors (Lipinski definition) is 4. The minimum Gasteiger partial charge on any atom is -0.324 e. The molecule has 0 bridgehead atoms. The lowest BCUT2D eigenvalue weighted by Crippen LogP contribution is -2.40. The number of benzene rings is 1. The van der Waals surface area contributed by atoms with Gasteiger partial charge in [-0.15, -0.1) is 0 Å². The monoisotopic (exact) mass is 419 g/mol. The lowest BCUT2D eigenvalue weighted by Gasteiger charge is -2.29. The van der Waals surface area contributed by atoms with Crippen LogP contribution in [0.1, 0.15) is 42.5 Å². The summed E-state index contributed by atoms with van der Waals surface area (Å²) in [5, 5.41) is 2.90. The first-order valence-electron chi connectivity index (χ1n) is 11.4. The van der Waals surface area contributed by atoms with Gasteiger partial charge in [-0.25, -0.2) is 14.7 Å². The van der Waals surface area contributed by atoms with Crippen molar-refractivity contribution in [3.63, 3.8) is 0 Å². The SMILES string of the molecule is O=C1Nc2cccnc2N(C(=O)N2CCC(CCN3CCCCC3)C2)c2ccccc21. The second-order valence-corrected chi connectivity index (χ2v) is 8.76. The number of pyridine rings is 1. The van der Waals surface area contributed by atoms with Gasteiger partial charge in [-0.05, 0) is 75.5 Å². The number of rotatable bonds is 3. The van der Waals surface area contributed by atoms with Crippen molar-refractivity contribution in [2.75, 3.05) is 42.9 Å². The number of amides is 3. The van der Waals surface area contributed by atoms with Gasteiger partial charge >= 0.3 is 6.03 Å². The Morgan fingerprint density at radius 3 is 2.77 bits per heavy atom. The van der Waals surface area contributed by atoms with Crippen LogP contribution in [0, 0.1) is 5.92 Å². The summed E-state index contributed by atoms with van der Waals surface area (Å²) < 4.78 is 0. The third kappa shape index (κ3) is 4.02. The summed E-state index contributed by atoms with van der Waals surface area (Å²) in [4.78, 5) is 37.0. The minimum atomic E-state index is -0.221. The molecule has 1 aromatic heterocycles. The van der Waals surface area contributed by atoms with E-state index >= 15 is 0 Å². The van der Waals surface area contributed by atoms with Crippen LogP contribution in [-0.2, 0) is 0 Å². The van der Waals surface area contributed by atoms with Crippen molar-refractivity contribution < 1.29 is 9.59 Å². The molecule has 7 heteroatoms. The number of carbonyl (C=O) groups is 2. The topological polar surface area (TPSA) is 68.8 Å². The van der Waals surface area contributed by atoms with E-state index in [0.717, 1.165) is 32.5 Å². The average molecular weight is 420 g/mol. The van der Waals surface area contributed by atoms with Gasteiger partial charge in [0.15, 0.2) is 5.82 Å². The Labute approximate surface area is 183 Å². The standard InChI is InChI=1S/C24H29N5O2/c30-23-19-7-2-3-9-21(19)29(22-20(26-23)8-6-12-25-22)24(31)28-16-11-18(17-28)10-15-27-13-4-1-5-14-27/h2-3,6-9,12,18H,1,4-5,10-11,13-17H2,(H,26,30). The molecule has 2 fully saturated rings. The molecule has 0 spiro atoms. The number of hydrogen-bond donors (Lipinski definition) is 1. The maximum atomic E-state index is 13.7. The molecule has 1 atom stereocenters. The van der Waals surface area contributed by atoms with Crippen molar-refractivity contribution in [1.82, 2.24) is 14.8 Å². The van der Waals surface area contributed by atoms with E-state index in [1.165, 1.54) is 32.4 Å². The Morgan fingerprint density at radius 1 is 1.06 bits per heavy atom. The zero-order valence-electron chi connectivity index (χ0n) is 17.8. The molecule has 3 aliphatic rings. The molecule has 31 heavy (non-hydrogen) atoms. The number of piperidine rings is 1. The molecule has 1 N–H and O–H groups in total. The molecule has 5 rings (SSSR count). The zero-order valence-corrected chi connectivity index (χ0v) is 17.8. The molecule has 0 aliphatic carbocycles. The molecular formula is C24H29N5O2. The van der Waals surface area contributed by atoms with Crippen LogP contribution < -0.4 is 10.2 Å². The Hall–Kier alpha value is -2.93. The maximum absolute atomic E-state index is 13.7. The molecule has 0 radical (unpaired) electrons. The number of nitrogens with zero attached hydrogens (tertiary/aromatic N) is 4. The van der Waals surface area contributed by atoms with Crippen LogP contribution in [0.15, 0.2) is 42.6 Å². The second kappa shape index (κ2) is 8.67.